The Bertz CT molecular complexity index is 1040. The fraction of sp³-hybridized carbons (Fsp3) is 0.211. The third kappa shape index (κ3) is 3.29. The Morgan fingerprint density at radius 3 is 2.61 bits per heavy atom. The largest absolute Gasteiger partial charge is 0.355 e. The molecular formula is C19H18N6O3. The Morgan fingerprint density at radius 2 is 1.82 bits per heavy atom. The van der Waals surface area contributed by atoms with Crippen molar-refractivity contribution in [3.05, 3.63) is 64.5 Å². The average Bonchev–Trinajstić information content (AvgIpc) is 3.26. The second kappa shape index (κ2) is 7.47. The highest BCUT2D eigenvalue weighted by Crippen LogP contribution is 2.33. The summed E-state index contributed by atoms with van der Waals surface area (Å²) in [7, 11) is 0. The smallest absolute Gasteiger partial charge is 0.351 e. The fourth-order valence-corrected chi connectivity index (χ4v) is 3.40. The highest BCUT2D eigenvalue weighted by molar-refractivity contribution is 6.07. The number of nitrogens with one attached hydrogen (secondary N) is 2. The van der Waals surface area contributed by atoms with Gasteiger partial charge in [-0.25, -0.2) is 9.97 Å². The maximum absolute atomic E-state index is 12.7. The Labute approximate surface area is 160 Å². The first-order chi connectivity index (χ1) is 13.6. The van der Waals surface area contributed by atoms with Gasteiger partial charge in [0.05, 0.1) is 4.92 Å². The van der Waals surface area contributed by atoms with Gasteiger partial charge in [0.1, 0.15) is 6.33 Å². The van der Waals surface area contributed by atoms with E-state index in [1.165, 1.54) is 6.33 Å². The van der Waals surface area contributed by atoms with Crippen LogP contribution in [0.4, 0.5) is 17.3 Å². The predicted molar refractivity (Wildman–Crippen MR) is 105 cm³/mol. The molecule has 1 aliphatic rings. The summed E-state index contributed by atoms with van der Waals surface area (Å²) < 4.78 is 0. The number of carbonyl (C=O) groups is 1. The zero-order chi connectivity index (χ0) is 19.5. The van der Waals surface area contributed by atoms with E-state index in [0.717, 1.165) is 23.6 Å². The van der Waals surface area contributed by atoms with Gasteiger partial charge in [-0.05, 0) is 29.7 Å². The molecule has 2 N–H and O–H groups in total. The van der Waals surface area contributed by atoms with Crippen molar-refractivity contribution < 1.29 is 9.72 Å². The number of hydrazine groups is 1. The van der Waals surface area contributed by atoms with Gasteiger partial charge >= 0.3 is 5.69 Å². The molecule has 9 nitrogen and oxygen atoms in total. The molecule has 0 spiro atoms. The third-order valence-corrected chi connectivity index (χ3v) is 4.72. The summed E-state index contributed by atoms with van der Waals surface area (Å²) in [5, 5.41) is 13.4. The van der Waals surface area contributed by atoms with Crippen LogP contribution in [-0.4, -0.2) is 33.9 Å². The SMILES string of the molecule is O=C(NNc1ncnc(N2CCCC2)c1[N+](=O)[O-])c1cccc2ccccc12. The lowest BCUT2D eigenvalue weighted by atomic mass is 10.0. The van der Waals surface area contributed by atoms with Crippen LogP contribution >= 0.6 is 0 Å². The number of amides is 1. The number of nitrogens with zero attached hydrogens (tertiary/aromatic N) is 4. The Balaban J connectivity index is 1.60. The quantitative estimate of drug-likeness (QED) is 0.518. The normalized spacial score (nSPS) is 13.5. The van der Waals surface area contributed by atoms with Crippen molar-refractivity contribution >= 4 is 34.0 Å². The topological polar surface area (TPSA) is 113 Å². The Kier molecular flexibility index (Phi) is 4.71. The molecule has 1 aromatic heterocycles. The maximum Gasteiger partial charge on any atom is 0.355 e. The van der Waals surface area contributed by atoms with Crippen LogP contribution in [0, 0.1) is 10.1 Å². The molecule has 1 fully saturated rings. The minimum Gasteiger partial charge on any atom is -0.351 e. The minimum atomic E-state index is -0.528. The number of benzene rings is 2. The molecule has 0 radical (unpaired) electrons. The van der Waals surface area contributed by atoms with Crippen molar-refractivity contribution in [3.8, 4) is 0 Å². The zero-order valence-electron chi connectivity index (χ0n) is 15.0. The molecular weight excluding hydrogens is 360 g/mol. The fourth-order valence-electron chi connectivity index (χ4n) is 3.40. The number of anilines is 2. The number of hydrogen-bond acceptors (Lipinski definition) is 7. The van der Waals surface area contributed by atoms with E-state index in [4.69, 9.17) is 0 Å². The molecule has 1 saturated heterocycles. The van der Waals surface area contributed by atoms with Gasteiger partial charge in [-0.15, -0.1) is 0 Å². The zero-order valence-corrected chi connectivity index (χ0v) is 15.0. The van der Waals surface area contributed by atoms with Crippen molar-refractivity contribution in [2.45, 2.75) is 12.8 Å². The highest BCUT2D eigenvalue weighted by Gasteiger charge is 2.28. The highest BCUT2D eigenvalue weighted by atomic mass is 16.6. The second-order valence-corrected chi connectivity index (χ2v) is 6.45. The lowest BCUT2D eigenvalue weighted by Gasteiger charge is -2.17. The van der Waals surface area contributed by atoms with E-state index in [0.29, 0.717) is 18.7 Å². The van der Waals surface area contributed by atoms with Crippen LogP contribution in [0.25, 0.3) is 10.8 Å². The van der Waals surface area contributed by atoms with E-state index in [-0.39, 0.29) is 17.3 Å². The van der Waals surface area contributed by atoms with Crippen LogP contribution in [-0.2, 0) is 0 Å². The van der Waals surface area contributed by atoms with Crippen LogP contribution in [0.2, 0.25) is 0 Å². The molecule has 0 unspecified atom stereocenters. The van der Waals surface area contributed by atoms with Crippen LogP contribution in [0.15, 0.2) is 48.8 Å². The molecule has 0 saturated carbocycles. The minimum absolute atomic E-state index is 0.0458. The van der Waals surface area contributed by atoms with Gasteiger partial charge in [0.2, 0.25) is 11.6 Å². The summed E-state index contributed by atoms with van der Waals surface area (Å²) >= 11 is 0. The van der Waals surface area contributed by atoms with Gasteiger partial charge < -0.3 is 4.90 Å². The molecule has 0 atom stereocenters. The molecule has 2 aromatic carbocycles. The van der Waals surface area contributed by atoms with Crippen molar-refractivity contribution in [1.82, 2.24) is 15.4 Å². The Hall–Kier alpha value is -3.75. The number of nitro groups is 1. The molecule has 28 heavy (non-hydrogen) atoms. The van der Waals surface area contributed by atoms with Crippen molar-refractivity contribution in [2.75, 3.05) is 23.4 Å². The Morgan fingerprint density at radius 1 is 1.07 bits per heavy atom. The van der Waals surface area contributed by atoms with E-state index >= 15 is 0 Å². The molecule has 9 heteroatoms. The summed E-state index contributed by atoms with van der Waals surface area (Å²) in [6.45, 7) is 1.42. The van der Waals surface area contributed by atoms with E-state index < -0.39 is 10.8 Å². The van der Waals surface area contributed by atoms with Gasteiger partial charge in [-0.2, -0.15) is 0 Å². The van der Waals surface area contributed by atoms with Gasteiger partial charge in [-0.3, -0.25) is 25.8 Å². The summed E-state index contributed by atoms with van der Waals surface area (Å²) in [6.07, 6.45) is 3.18. The summed E-state index contributed by atoms with van der Waals surface area (Å²) in [4.78, 5) is 33.7. The molecule has 1 amide bonds. The van der Waals surface area contributed by atoms with E-state index in [2.05, 4.69) is 20.8 Å². The molecule has 0 bridgehead atoms. The molecule has 4 rings (SSSR count). The second-order valence-electron chi connectivity index (χ2n) is 6.45. The number of aromatic nitrogens is 2. The van der Waals surface area contributed by atoms with Crippen LogP contribution < -0.4 is 15.8 Å². The monoisotopic (exact) mass is 378 g/mol. The molecule has 142 valence electrons. The average molecular weight is 378 g/mol. The van der Waals surface area contributed by atoms with E-state index in [9.17, 15) is 14.9 Å². The lowest BCUT2D eigenvalue weighted by Crippen LogP contribution is -2.31. The number of fused-ring (bicyclic) bond motifs is 1. The van der Waals surface area contributed by atoms with Crippen molar-refractivity contribution in [1.29, 1.82) is 0 Å². The first-order valence-electron chi connectivity index (χ1n) is 8.93. The first kappa shape index (κ1) is 17.7. The molecule has 2 heterocycles. The molecule has 3 aromatic rings. The van der Waals surface area contributed by atoms with Gasteiger partial charge in [0.15, 0.2) is 0 Å². The van der Waals surface area contributed by atoms with Gasteiger partial charge in [-0.1, -0.05) is 36.4 Å². The lowest BCUT2D eigenvalue weighted by molar-refractivity contribution is -0.383. The summed E-state index contributed by atoms with van der Waals surface area (Å²) in [6, 6.07) is 12.9. The number of rotatable bonds is 5. The third-order valence-electron chi connectivity index (χ3n) is 4.72. The molecule has 1 aliphatic heterocycles. The standard InChI is InChI=1S/C19H18N6O3/c26-19(15-9-5-7-13-6-1-2-8-14(13)15)23-22-17-16(25(27)28)18(21-12-20-17)24-10-3-4-11-24/h1-2,5-9,12H,3-4,10-11H2,(H,23,26)(H,20,21,22). The van der Waals surface area contributed by atoms with Crippen molar-refractivity contribution in [3.63, 3.8) is 0 Å². The summed E-state index contributed by atoms with van der Waals surface area (Å²) in [5.41, 5.74) is 5.33. The van der Waals surface area contributed by atoms with Crippen molar-refractivity contribution in [2.24, 2.45) is 0 Å². The summed E-state index contributed by atoms with van der Waals surface area (Å²) in [5.74, 6) is -0.192. The first-order valence-corrected chi connectivity index (χ1v) is 8.93. The predicted octanol–water partition coefficient (Wildman–Crippen LogP) is 2.90. The molecule has 0 aliphatic carbocycles. The van der Waals surface area contributed by atoms with Crippen LogP contribution in [0.1, 0.15) is 23.2 Å². The van der Waals surface area contributed by atoms with Gasteiger partial charge in [0, 0.05) is 18.7 Å². The van der Waals surface area contributed by atoms with E-state index in [1.54, 1.807) is 12.1 Å². The van der Waals surface area contributed by atoms with Crippen LogP contribution in [0.3, 0.4) is 0 Å². The maximum atomic E-state index is 12.7. The van der Waals surface area contributed by atoms with E-state index in [1.807, 2.05) is 35.2 Å². The number of carbonyl (C=O) groups excluding carboxylic acids is 1. The van der Waals surface area contributed by atoms with Crippen LogP contribution in [0.5, 0.6) is 0 Å². The number of hydrogen-bond donors (Lipinski definition) is 2. The van der Waals surface area contributed by atoms with Gasteiger partial charge in [0.25, 0.3) is 5.91 Å².